The Morgan fingerprint density at radius 1 is 1.08 bits per heavy atom. The minimum Gasteiger partial charge on any atom is -0.383 e. The van der Waals surface area contributed by atoms with Crippen LogP contribution in [0.4, 0.5) is 0 Å². The van der Waals surface area contributed by atoms with Gasteiger partial charge in [-0.1, -0.05) is 13.8 Å². The Morgan fingerprint density at radius 3 is 2.50 bits per heavy atom. The molecule has 0 aliphatic rings. The second-order valence-electron chi connectivity index (χ2n) is 7.06. The first-order valence-electron chi connectivity index (χ1n) is 9.44. The summed E-state index contributed by atoms with van der Waals surface area (Å²) in [4.78, 5) is 9.80. The minimum atomic E-state index is 0.329. The first-order valence-corrected chi connectivity index (χ1v) is 9.44. The molecular formula is C22H29N3O. The van der Waals surface area contributed by atoms with E-state index in [9.17, 15) is 0 Å². The van der Waals surface area contributed by atoms with E-state index in [-0.39, 0.29) is 0 Å². The predicted molar refractivity (Wildman–Crippen MR) is 108 cm³/mol. The second kappa shape index (κ2) is 7.58. The lowest BCUT2D eigenvalue weighted by atomic mass is 10.0. The number of ether oxygens (including phenoxy) is 1. The molecule has 0 saturated heterocycles. The second-order valence-corrected chi connectivity index (χ2v) is 7.06. The standard InChI is InChI=1S/C22H29N3O/c1-7-17(13-26-6)25-12-15(4)22-20(25)11-14(3)21(24-22)18-10-9-16(5)23-19(18)8-2/h9-12,17H,7-8,13H2,1-6H3. The van der Waals surface area contributed by atoms with Gasteiger partial charge in [0.15, 0.2) is 0 Å². The van der Waals surface area contributed by atoms with Crippen LogP contribution in [0, 0.1) is 20.8 Å². The lowest BCUT2D eigenvalue weighted by Crippen LogP contribution is -2.13. The van der Waals surface area contributed by atoms with E-state index in [0.29, 0.717) is 12.6 Å². The van der Waals surface area contributed by atoms with Crippen molar-refractivity contribution >= 4 is 11.0 Å². The van der Waals surface area contributed by atoms with Gasteiger partial charge in [0.25, 0.3) is 0 Å². The van der Waals surface area contributed by atoms with Crippen LogP contribution in [0.3, 0.4) is 0 Å². The average Bonchev–Trinajstić information content (AvgIpc) is 2.94. The third-order valence-electron chi connectivity index (χ3n) is 5.10. The van der Waals surface area contributed by atoms with Crippen LogP contribution >= 0.6 is 0 Å². The number of pyridine rings is 2. The van der Waals surface area contributed by atoms with Crippen LogP contribution in [0.5, 0.6) is 0 Å². The summed E-state index contributed by atoms with van der Waals surface area (Å²) in [6.07, 6.45) is 4.14. The smallest absolute Gasteiger partial charge is 0.0917 e. The Balaban J connectivity index is 2.20. The van der Waals surface area contributed by atoms with Gasteiger partial charge in [0.05, 0.1) is 29.4 Å². The van der Waals surface area contributed by atoms with E-state index in [1.165, 1.54) is 16.6 Å². The summed E-state index contributed by atoms with van der Waals surface area (Å²) in [6, 6.07) is 6.83. The van der Waals surface area contributed by atoms with Crippen LogP contribution < -0.4 is 0 Å². The van der Waals surface area contributed by atoms with Gasteiger partial charge in [-0.2, -0.15) is 0 Å². The van der Waals surface area contributed by atoms with Gasteiger partial charge in [0.2, 0.25) is 0 Å². The van der Waals surface area contributed by atoms with Crippen LogP contribution in [-0.2, 0) is 11.2 Å². The first kappa shape index (κ1) is 18.6. The quantitative estimate of drug-likeness (QED) is 0.614. The van der Waals surface area contributed by atoms with Crippen LogP contribution in [0.15, 0.2) is 24.4 Å². The highest BCUT2D eigenvalue weighted by molar-refractivity contribution is 5.84. The summed E-state index contributed by atoms with van der Waals surface area (Å²) in [5, 5.41) is 0. The van der Waals surface area contributed by atoms with Gasteiger partial charge in [-0.3, -0.25) is 4.98 Å². The fourth-order valence-corrected chi connectivity index (χ4v) is 3.68. The summed E-state index contributed by atoms with van der Waals surface area (Å²) in [7, 11) is 1.76. The van der Waals surface area contributed by atoms with Gasteiger partial charge in [0, 0.05) is 30.3 Å². The van der Waals surface area contributed by atoms with Gasteiger partial charge < -0.3 is 9.30 Å². The van der Waals surface area contributed by atoms with Crippen molar-refractivity contribution in [2.24, 2.45) is 0 Å². The lowest BCUT2D eigenvalue weighted by Gasteiger charge is -2.18. The van der Waals surface area contributed by atoms with Crippen molar-refractivity contribution in [2.75, 3.05) is 13.7 Å². The normalized spacial score (nSPS) is 12.7. The highest BCUT2D eigenvalue weighted by Gasteiger charge is 2.18. The Bertz CT molecular complexity index is 927. The summed E-state index contributed by atoms with van der Waals surface area (Å²) in [5.41, 5.74) is 9.00. The summed E-state index contributed by atoms with van der Waals surface area (Å²) < 4.78 is 7.75. The van der Waals surface area contributed by atoms with E-state index in [0.717, 1.165) is 41.0 Å². The van der Waals surface area contributed by atoms with E-state index < -0.39 is 0 Å². The number of hydrogen-bond donors (Lipinski definition) is 0. The lowest BCUT2D eigenvalue weighted by molar-refractivity contribution is 0.155. The molecule has 1 atom stereocenters. The Labute approximate surface area is 156 Å². The highest BCUT2D eigenvalue weighted by atomic mass is 16.5. The van der Waals surface area contributed by atoms with Crippen molar-refractivity contribution in [3.8, 4) is 11.3 Å². The molecule has 3 aromatic rings. The zero-order chi connectivity index (χ0) is 18.8. The third-order valence-corrected chi connectivity index (χ3v) is 5.10. The maximum Gasteiger partial charge on any atom is 0.0917 e. The largest absolute Gasteiger partial charge is 0.383 e. The molecule has 26 heavy (non-hydrogen) atoms. The molecule has 4 heteroatoms. The third kappa shape index (κ3) is 3.26. The molecule has 0 amide bonds. The van der Waals surface area contributed by atoms with Crippen molar-refractivity contribution in [2.45, 2.75) is 53.5 Å². The Morgan fingerprint density at radius 2 is 1.85 bits per heavy atom. The summed E-state index contributed by atoms with van der Waals surface area (Å²) >= 11 is 0. The SMILES string of the molecule is CCc1nc(C)ccc1-c1nc2c(C)cn(C(CC)COC)c2cc1C. The number of fused-ring (bicyclic) bond motifs is 1. The van der Waals surface area contributed by atoms with Crippen molar-refractivity contribution in [1.82, 2.24) is 14.5 Å². The van der Waals surface area contributed by atoms with Gasteiger partial charge in [0.1, 0.15) is 0 Å². The molecule has 0 spiro atoms. The number of aryl methyl sites for hydroxylation is 4. The highest BCUT2D eigenvalue weighted by Crippen LogP contribution is 2.31. The van der Waals surface area contributed by atoms with Crippen molar-refractivity contribution in [3.63, 3.8) is 0 Å². The maximum atomic E-state index is 5.42. The molecule has 3 rings (SSSR count). The van der Waals surface area contributed by atoms with E-state index in [2.05, 4.69) is 56.7 Å². The van der Waals surface area contributed by atoms with Crippen molar-refractivity contribution in [1.29, 1.82) is 0 Å². The fourth-order valence-electron chi connectivity index (χ4n) is 3.68. The molecule has 1 unspecified atom stereocenters. The molecule has 3 aromatic heterocycles. The summed E-state index contributed by atoms with van der Waals surface area (Å²) in [6.45, 7) is 11.4. The van der Waals surface area contributed by atoms with Gasteiger partial charge in [-0.25, -0.2) is 4.98 Å². The molecule has 138 valence electrons. The van der Waals surface area contributed by atoms with Crippen molar-refractivity contribution in [3.05, 3.63) is 46.9 Å². The van der Waals surface area contributed by atoms with Gasteiger partial charge in [-0.05, 0) is 62.9 Å². The van der Waals surface area contributed by atoms with Gasteiger partial charge in [-0.15, -0.1) is 0 Å². The number of rotatable bonds is 6. The molecular weight excluding hydrogens is 322 g/mol. The van der Waals surface area contributed by atoms with E-state index in [1.54, 1.807) is 7.11 Å². The molecule has 0 aliphatic carbocycles. The molecule has 0 aliphatic heterocycles. The van der Waals surface area contributed by atoms with Gasteiger partial charge >= 0.3 is 0 Å². The molecule has 0 bridgehead atoms. The maximum absolute atomic E-state index is 5.42. The number of methoxy groups -OCH3 is 1. The van der Waals surface area contributed by atoms with Crippen LogP contribution in [-0.4, -0.2) is 28.3 Å². The van der Waals surface area contributed by atoms with Crippen LogP contribution in [0.1, 0.15) is 48.8 Å². The predicted octanol–water partition coefficient (Wildman–Crippen LogP) is 5.18. The first-order chi connectivity index (χ1) is 12.5. The number of nitrogens with zero attached hydrogens (tertiary/aromatic N) is 3. The monoisotopic (exact) mass is 351 g/mol. The van der Waals surface area contributed by atoms with Crippen LogP contribution in [0.25, 0.3) is 22.3 Å². The molecule has 0 aromatic carbocycles. The Kier molecular flexibility index (Phi) is 5.42. The minimum absolute atomic E-state index is 0.329. The summed E-state index contributed by atoms with van der Waals surface area (Å²) in [5.74, 6) is 0. The molecule has 0 saturated carbocycles. The zero-order valence-corrected chi connectivity index (χ0v) is 16.8. The molecule has 0 radical (unpaired) electrons. The fraction of sp³-hybridized carbons (Fsp3) is 0.455. The van der Waals surface area contributed by atoms with Crippen LogP contribution in [0.2, 0.25) is 0 Å². The van der Waals surface area contributed by atoms with Crippen molar-refractivity contribution < 1.29 is 4.74 Å². The molecule has 3 heterocycles. The average molecular weight is 351 g/mol. The number of hydrogen-bond acceptors (Lipinski definition) is 3. The topological polar surface area (TPSA) is 39.9 Å². The van der Waals surface area contributed by atoms with E-state index >= 15 is 0 Å². The molecule has 4 nitrogen and oxygen atoms in total. The zero-order valence-electron chi connectivity index (χ0n) is 16.8. The molecule has 0 N–H and O–H groups in total. The Hall–Kier alpha value is -2.20. The number of aromatic nitrogens is 3. The van der Waals surface area contributed by atoms with E-state index in [4.69, 9.17) is 14.7 Å². The molecule has 0 fully saturated rings. The van der Waals surface area contributed by atoms with E-state index in [1.807, 2.05) is 6.92 Å².